The van der Waals surface area contributed by atoms with E-state index in [-0.39, 0.29) is 11.3 Å². The number of carbonyl (C=O) groups is 3. The van der Waals surface area contributed by atoms with Crippen LogP contribution in [0, 0.1) is 6.92 Å². The quantitative estimate of drug-likeness (QED) is 0.510. The maximum absolute atomic E-state index is 13.0. The number of fused-ring (bicyclic) bond motifs is 1. The Labute approximate surface area is 194 Å². The summed E-state index contributed by atoms with van der Waals surface area (Å²) < 4.78 is 5.18. The highest BCUT2D eigenvalue weighted by molar-refractivity contribution is 6.27. The molecule has 6 nitrogen and oxygen atoms in total. The third kappa shape index (κ3) is 5.69. The van der Waals surface area contributed by atoms with Crippen LogP contribution in [0.1, 0.15) is 61.4 Å². The standard InChI is InChI=1S/C27H31NO5/c1-16-13-19(12-11-18-9-7-6-8-10-18)14-20-17(2)24(30)23(25(31)22(16)20)26(32)28-15-21(29)33-27(3,4)5/h6-10,13-14,17,31H,11-12,15H2,1-5H3,(H,28,32). The van der Waals surface area contributed by atoms with Gasteiger partial charge in [-0.3, -0.25) is 14.4 Å². The van der Waals surface area contributed by atoms with Crippen molar-refractivity contribution < 1.29 is 24.2 Å². The molecule has 1 unspecified atom stereocenters. The molecule has 33 heavy (non-hydrogen) atoms. The first-order valence-corrected chi connectivity index (χ1v) is 11.1. The Kier molecular flexibility index (Phi) is 7.06. The number of amides is 1. The number of aliphatic hydroxyl groups excluding tert-OH is 1. The molecule has 2 aromatic carbocycles. The molecule has 0 fully saturated rings. The Morgan fingerprint density at radius 2 is 1.70 bits per heavy atom. The zero-order chi connectivity index (χ0) is 24.3. The van der Waals surface area contributed by atoms with Gasteiger partial charge in [-0.1, -0.05) is 49.4 Å². The van der Waals surface area contributed by atoms with Crippen molar-refractivity contribution in [3.05, 3.63) is 75.9 Å². The van der Waals surface area contributed by atoms with Crippen LogP contribution in [0.25, 0.3) is 5.76 Å². The topological polar surface area (TPSA) is 92.7 Å². The summed E-state index contributed by atoms with van der Waals surface area (Å²) in [5.74, 6) is -2.81. The van der Waals surface area contributed by atoms with Gasteiger partial charge in [-0.25, -0.2) is 0 Å². The molecular weight excluding hydrogens is 418 g/mol. The van der Waals surface area contributed by atoms with E-state index in [1.165, 1.54) is 5.56 Å². The fraction of sp³-hybridized carbons (Fsp3) is 0.370. The van der Waals surface area contributed by atoms with Crippen LogP contribution in [0.4, 0.5) is 0 Å². The van der Waals surface area contributed by atoms with Gasteiger partial charge in [-0.05, 0) is 62.8 Å². The van der Waals surface area contributed by atoms with E-state index in [9.17, 15) is 19.5 Å². The third-order valence-electron chi connectivity index (χ3n) is 5.59. The monoisotopic (exact) mass is 449 g/mol. The molecule has 6 heteroatoms. The fourth-order valence-electron chi connectivity index (χ4n) is 4.07. The van der Waals surface area contributed by atoms with Crippen molar-refractivity contribution in [1.29, 1.82) is 0 Å². The Balaban J connectivity index is 1.83. The molecule has 1 amide bonds. The number of aliphatic hydroxyl groups is 1. The Morgan fingerprint density at radius 1 is 1.06 bits per heavy atom. The van der Waals surface area contributed by atoms with Gasteiger partial charge >= 0.3 is 5.97 Å². The van der Waals surface area contributed by atoms with E-state index in [1.807, 2.05) is 37.3 Å². The lowest BCUT2D eigenvalue weighted by atomic mass is 9.78. The molecular formula is C27H31NO5. The SMILES string of the molecule is Cc1cc(CCc2ccccc2)cc2c1C(O)=C(C(=O)NCC(=O)OC(C)(C)C)C(=O)C2C. The summed E-state index contributed by atoms with van der Waals surface area (Å²) in [5, 5.41) is 13.3. The normalized spacial score (nSPS) is 15.8. The summed E-state index contributed by atoms with van der Waals surface area (Å²) in [7, 11) is 0. The van der Waals surface area contributed by atoms with E-state index >= 15 is 0 Å². The first-order chi connectivity index (χ1) is 15.5. The lowest BCUT2D eigenvalue weighted by Crippen LogP contribution is -2.38. The average Bonchev–Trinajstić information content (AvgIpc) is 2.74. The van der Waals surface area contributed by atoms with Crippen molar-refractivity contribution in [3.8, 4) is 0 Å². The van der Waals surface area contributed by atoms with Crippen LogP contribution in [0.5, 0.6) is 0 Å². The molecule has 0 saturated carbocycles. The highest BCUT2D eigenvalue weighted by Crippen LogP contribution is 2.38. The molecule has 1 aliphatic carbocycles. The van der Waals surface area contributed by atoms with Gasteiger partial charge in [0.05, 0.1) is 0 Å². The van der Waals surface area contributed by atoms with Crippen molar-refractivity contribution in [3.63, 3.8) is 0 Å². The molecule has 174 valence electrons. The van der Waals surface area contributed by atoms with Crippen LogP contribution in [0.2, 0.25) is 0 Å². The first-order valence-electron chi connectivity index (χ1n) is 11.1. The van der Waals surface area contributed by atoms with Crippen LogP contribution in [-0.4, -0.2) is 34.9 Å². The van der Waals surface area contributed by atoms with Gasteiger partial charge in [0.2, 0.25) is 0 Å². The van der Waals surface area contributed by atoms with Crippen molar-refractivity contribution in [2.24, 2.45) is 0 Å². The van der Waals surface area contributed by atoms with E-state index in [0.29, 0.717) is 11.1 Å². The van der Waals surface area contributed by atoms with Crippen molar-refractivity contribution >= 4 is 23.4 Å². The second kappa shape index (κ2) is 9.61. The number of esters is 1. The summed E-state index contributed by atoms with van der Waals surface area (Å²) >= 11 is 0. The van der Waals surface area contributed by atoms with Crippen LogP contribution in [0.3, 0.4) is 0 Å². The summed E-state index contributed by atoms with van der Waals surface area (Å²) in [5.41, 5.74) is 3.30. The van der Waals surface area contributed by atoms with E-state index in [2.05, 4.69) is 17.4 Å². The van der Waals surface area contributed by atoms with Gasteiger partial charge in [0.15, 0.2) is 5.78 Å². The van der Waals surface area contributed by atoms with Crippen molar-refractivity contribution in [2.75, 3.05) is 6.54 Å². The number of hydrogen-bond donors (Lipinski definition) is 2. The zero-order valence-corrected chi connectivity index (χ0v) is 19.8. The number of rotatable bonds is 6. The molecule has 0 saturated heterocycles. The van der Waals surface area contributed by atoms with Gasteiger partial charge in [0.25, 0.3) is 5.91 Å². The van der Waals surface area contributed by atoms with Crippen molar-refractivity contribution in [2.45, 2.75) is 59.0 Å². The lowest BCUT2D eigenvalue weighted by molar-refractivity contribution is -0.154. The highest BCUT2D eigenvalue weighted by atomic mass is 16.6. The van der Waals surface area contributed by atoms with Crippen LogP contribution in [0.15, 0.2) is 48.0 Å². The number of hydrogen-bond acceptors (Lipinski definition) is 5. The molecule has 0 heterocycles. The summed E-state index contributed by atoms with van der Waals surface area (Å²) in [4.78, 5) is 37.7. The van der Waals surface area contributed by atoms with Crippen LogP contribution in [-0.2, 0) is 32.0 Å². The molecule has 0 bridgehead atoms. The molecule has 0 aliphatic heterocycles. The van der Waals surface area contributed by atoms with Gasteiger partial charge in [0.1, 0.15) is 23.5 Å². The minimum absolute atomic E-state index is 0.321. The van der Waals surface area contributed by atoms with Gasteiger partial charge in [0, 0.05) is 11.5 Å². The number of carbonyl (C=O) groups excluding carboxylic acids is 3. The second-order valence-corrected chi connectivity index (χ2v) is 9.44. The van der Waals surface area contributed by atoms with E-state index in [0.717, 1.165) is 24.0 Å². The Bertz CT molecular complexity index is 1110. The molecule has 2 aromatic rings. The molecule has 0 aromatic heterocycles. The Morgan fingerprint density at radius 3 is 2.33 bits per heavy atom. The van der Waals surface area contributed by atoms with E-state index in [4.69, 9.17) is 4.74 Å². The van der Waals surface area contributed by atoms with Gasteiger partial charge < -0.3 is 15.2 Å². The maximum atomic E-state index is 13.0. The van der Waals surface area contributed by atoms with E-state index < -0.39 is 35.7 Å². The Hall–Kier alpha value is -3.41. The minimum Gasteiger partial charge on any atom is -0.506 e. The average molecular weight is 450 g/mol. The minimum atomic E-state index is -0.784. The maximum Gasteiger partial charge on any atom is 0.325 e. The molecule has 3 rings (SSSR count). The summed E-state index contributed by atoms with van der Waals surface area (Å²) in [6.45, 7) is 8.37. The third-order valence-corrected chi connectivity index (χ3v) is 5.59. The number of Topliss-reactive ketones (excluding diaryl/α,β-unsaturated/α-hetero) is 1. The predicted molar refractivity (Wildman–Crippen MR) is 127 cm³/mol. The first kappa shape index (κ1) is 24.2. The fourth-order valence-corrected chi connectivity index (χ4v) is 4.07. The van der Waals surface area contributed by atoms with E-state index in [1.54, 1.807) is 27.7 Å². The summed E-state index contributed by atoms with van der Waals surface area (Å²) in [6.07, 6.45) is 1.66. The smallest absolute Gasteiger partial charge is 0.325 e. The highest BCUT2D eigenvalue weighted by Gasteiger charge is 2.36. The van der Waals surface area contributed by atoms with Crippen LogP contribution < -0.4 is 5.32 Å². The molecule has 2 N–H and O–H groups in total. The summed E-state index contributed by atoms with van der Waals surface area (Å²) in [6, 6.07) is 14.1. The number of nitrogens with one attached hydrogen (secondary N) is 1. The largest absolute Gasteiger partial charge is 0.506 e. The van der Waals surface area contributed by atoms with Gasteiger partial charge in [-0.2, -0.15) is 0 Å². The van der Waals surface area contributed by atoms with Crippen LogP contribution >= 0.6 is 0 Å². The number of aryl methyl sites for hydroxylation is 3. The molecule has 0 spiro atoms. The molecule has 0 radical (unpaired) electrons. The lowest BCUT2D eigenvalue weighted by Gasteiger charge is -2.26. The second-order valence-electron chi connectivity index (χ2n) is 9.44. The van der Waals surface area contributed by atoms with Gasteiger partial charge in [-0.15, -0.1) is 0 Å². The molecule has 1 aliphatic rings. The zero-order valence-electron chi connectivity index (χ0n) is 19.8. The molecule has 1 atom stereocenters. The number of ether oxygens (including phenoxy) is 1. The number of ketones is 1. The number of benzene rings is 2. The van der Waals surface area contributed by atoms with Crippen molar-refractivity contribution in [1.82, 2.24) is 5.32 Å². The predicted octanol–water partition coefficient (Wildman–Crippen LogP) is 4.19.